The lowest BCUT2D eigenvalue weighted by atomic mass is 9.85. The molecule has 2 aromatic rings. The predicted octanol–water partition coefficient (Wildman–Crippen LogP) is -2.64. The maximum absolute atomic E-state index is 14.9. The fraction of sp³-hybridized carbons (Fsp3) is 0.529. The van der Waals surface area contributed by atoms with Crippen molar-refractivity contribution < 1.29 is 57.8 Å². The molecule has 2 aromatic carbocycles. The van der Waals surface area contributed by atoms with Crippen molar-refractivity contribution in [1.82, 2.24) is 42.1 Å². The third kappa shape index (κ3) is 20.3. The van der Waals surface area contributed by atoms with Gasteiger partial charge in [-0.15, -0.1) is 0 Å². The number of benzene rings is 2. The van der Waals surface area contributed by atoms with Crippen molar-refractivity contribution in [2.45, 2.75) is 143 Å². The molecule has 2 heterocycles. The molecule has 0 radical (unpaired) electrons. The van der Waals surface area contributed by atoms with Gasteiger partial charge in [0.25, 0.3) is 0 Å². The van der Waals surface area contributed by atoms with Crippen molar-refractivity contribution in [2.75, 3.05) is 25.4 Å². The van der Waals surface area contributed by atoms with Crippen LogP contribution in [-0.4, -0.2) is 153 Å². The van der Waals surface area contributed by atoms with Gasteiger partial charge in [0.15, 0.2) is 5.96 Å². The highest BCUT2D eigenvalue weighted by molar-refractivity contribution is 8.77. The largest absolute Gasteiger partial charge is 0.508 e. The Labute approximate surface area is 464 Å². The third-order valence-corrected chi connectivity index (χ3v) is 16.8. The van der Waals surface area contributed by atoms with Gasteiger partial charge in [-0.1, -0.05) is 83.3 Å². The number of amides is 11. The van der Waals surface area contributed by atoms with Crippen LogP contribution in [0.5, 0.6) is 5.75 Å². The number of guanidine groups is 1. The highest BCUT2D eigenvalue weighted by Crippen LogP contribution is 2.48. The number of aliphatic imine (C=N–C) groups is 1. The number of carbonyl (C=O) groups excluding carboxylic acids is 11. The summed E-state index contributed by atoms with van der Waals surface area (Å²) >= 11 is 0. The molecular formula is C51H72N14O12S2. The van der Waals surface area contributed by atoms with E-state index in [0.29, 0.717) is 30.4 Å². The summed E-state index contributed by atoms with van der Waals surface area (Å²) in [5.41, 5.74) is 28.4. The van der Waals surface area contributed by atoms with Crippen molar-refractivity contribution in [3.63, 3.8) is 0 Å². The maximum atomic E-state index is 14.9. The summed E-state index contributed by atoms with van der Waals surface area (Å²) in [5.74, 6) is -9.66. The van der Waals surface area contributed by atoms with Crippen LogP contribution in [0.2, 0.25) is 0 Å². The molecule has 1 spiro atoms. The summed E-state index contributed by atoms with van der Waals surface area (Å²) in [7, 11) is 2.48. The Bertz CT molecular complexity index is 2550. The minimum atomic E-state index is -1.78. The number of nitrogens with one attached hydrogen (secondary N) is 7. The van der Waals surface area contributed by atoms with Crippen LogP contribution in [-0.2, 0) is 65.6 Å². The number of likely N-dealkylation sites (tertiary alicyclic amines) is 1. The van der Waals surface area contributed by atoms with Gasteiger partial charge < -0.3 is 75.9 Å². The Morgan fingerprint density at radius 3 is 1.96 bits per heavy atom. The molecule has 0 unspecified atom stereocenters. The summed E-state index contributed by atoms with van der Waals surface area (Å²) in [6.45, 7) is -0.395. The molecule has 1 aliphatic carbocycles. The van der Waals surface area contributed by atoms with Gasteiger partial charge in [-0.25, -0.2) is 0 Å². The minimum Gasteiger partial charge on any atom is -0.508 e. The molecule has 26 nitrogen and oxygen atoms in total. The van der Waals surface area contributed by atoms with E-state index in [1.807, 2.05) is 0 Å². The first-order chi connectivity index (χ1) is 37.6. The Hall–Kier alpha value is -7.62. The van der Waals surface area contributed by atoms with E-state index in [1.54, 1.807) is 42.5 Å². The van der Waals surface area contributed by atoms with Gasteiger partial charge in [0, 0.05) is 49.3 Å². The van der Waals surface area contributed by atoms with E-state index in [4.69, 9.17) is 28.7 Å². The Morgan fingerprint density at radius 1 is 0.722 bits per heavy atom. The Morgan fingerprint density at radius 2 is 1.33 bits per heavy atom. The van der Waals surface area contributed by atoms with E-state index in [0.717, 1.165) is 19.3 Å². The zero-order valence-electron chi connectivity index (χ0n) is 43.7. The monoisotopic (exact) mass is 1140 g/mol. The smallest absolute Gasteiger partial charge is 0.246 e. The van der Waals surface area contributed by atoms with Gasteiger partial charge in [0.2, 0.25) is 65.0 Å². The van der Waals surface area contributed by atoms with Crippen molar-refractivity contribution >= 4 is 92.5 Å². The first kappa shape index (κ1) is 62.2. The number of aromatic hydroxyl groups is 1. The molecule has 18 N–H and O–H groups in total. The van der Waals surface area contributed by atoms with Crippen LogP contribution in [0.15, 0.2) is 59.6 Å². The van der Waals surface area contributed by atoms with E-state index >= 15 is 0 Å². The fourth-order valence-electron chi connectivity index (χ4n) is 9.46. The number of hydrogen-bond acceptors (Lipinski definition) is 15. The van der Waals surface area contributed by atoms with Gasteiger partial charge in [-0.2, -0.15) is 0 Å². The number of rotatable bonds is 19. The standard InChI is InChI=1S/C51H72N14O12S2/c52-39(67)18-17-33-44(72)63-36(25-40(53)68)47(75)64-37(49(77)65-22-8-12-38(65)48(76)61-32(11-7-21-57-50(55)56)43(71)58-27-41(54)69)28-78-79-51(19-5-2-6-20-51)26-42(70)59-34(24-30-13-15-31(66)16-14-30)45(73)62-35(46(74)60-33)23-29-9-3-1-4-10-29/h1,3-4,9-10,13-16,32-38,66H,2,5-8,11-12,17-28H2,(H2,52,67)(H2,53,68)(H2,54,69)(H,58,71)(H,59,70)(H,60,74)(H,61,76)(H,62,73)(H,63,72)(H,64,75)(H4,55,56,57)/t32-,33-,34-,35-,36-,37-,38-/m0/s1. The molecule has 2 aliphatic heterocycles. The first-order valence-electron chi connectivity index (χ1n) is 26.0. The number of primary amides is 3. The molecule has 79 heavy (non-hydrogen) atoms. The zero-order chi connectivity index (χ0) is 57.6. The molecule has 2 saturated heterocycles. The van der Waals surface area contributed by atoms with Gasteiger partial charge >= 0.3 is 0 Å². The molecule has 11 amide bonds. The van der Waals surface area contributed by atoms with Crippen molar-refractivity contribution in [3.05, 3.63) is 65.7 Å². The fourth-order valence-corrected chi connectivity index (χ4v) is 12.8. The molecule has 3 aliphatic rings. The van der Waals surface area contributed by atoms with Gasteiger partial charge in [-0.3, -0.25) is 57.7 Å². The molecule has 28 heteroatoms. The molecule has 0 aromatic heterocycles. The Kier molecular flexibility index (Phi) is 24.0. The number of carbonyl (C=O) groups is 11. The van der Waals surface area contributed by atoms with Crippen LogP contribution in [0.1, 0.15) is 94.6 Å². The van der Waals surface area contributed by atoms with Crippen LogP contribution in [0, 0.1) is 0 Å². The van der Waals surface area contributed by atoms with Crippen LogP contribution < -0.4 is 65.9 Å². The lowest BCUT2D eigenvalue weighted by Crippen LogP contribution is -2.61. The predicted molar refractivity (Wildman–Crippen MR) is 293 cm³/mol. The molecule has 0 bridgehead atoms. The second kappa shape index (κ2) is 30.5. The van der Waals surface area contributed by atoms with E-state index in [9.17, 15) is 57.8 Å². The molecule has 3 fully saturated rings. The number of nitrogens with zero attached hydrogens (tertiary/aromatic N) is 2. The van der Waals surface area contributed by atoms with E-state index < -0.39 is 138 Å². The van der Waals surface area contributed by atoms with E-state index in [2.05, 4.69) is 42.2 Å². The lowest BCUT2D eigenvalue weighted by Gasteiger charge is -2.37. The van der Waals surface area contributed by atoms with Gasteiger partial charge in [-0.05, 0) is 68.2 Å². The molecule has 1 saturated carbocycles. The van der Waals surface area contributed by atoms with Crippen LogP contribution in [0.25, 0.3) is 0 Å². The van der Waals surface area contributed by atoms with E-state index in [-0.39, 0.29) is 69.1 Å². The highest BCUT2D eigenvalue weighted by Gasteiger charge is 2.42. The summed E-state index contributed by atoms with van der Waals surface area (Å²) in [6.07, 6.45) is 2.21. The Balaban J connectivity index is 1.53. The van der Waals surface area contributed by atoms with Crippen LogP contribution in [0.4, 0.5) is 0 Å². The molecule has 430 valence electrons. The third-order valence-electron chi connectivity index (χ3n) is 13.5. The second-order valence-electron chi connectivity index (χ2n) is 19.8. The SMILES string of the molecule is NC(=O)CC[C@@H]1NC(=O)[C@H](Cc2ccccc2)NC(=O)[C@H](Cc2ccc(O)cc2)NC(=O)CC2(CCCCC2)SSC[C@@H](C(=O)N2CCC[C@H]2C(=O)N[C@@H](CCCN=C(N)N)C(=O)NCC(N)=O)NC(=O)[C@H](CC(N)=O)NC1=O. The van der Waals surface area contributed by atoms with Crippen molar-refractivity contribution in [3.8, 4) is 5.75 Å². The van der Waals surface area contributed by atoms with Crippen LogP contribution >= 0.6 is 21.6 Å². The second-order valence-corrected chi connectivity index (χ2v) is 22.6. The lowest BCUT2D eigenvalue weighted by molar-refractivity contribution is -0.142. The van der Waals surface area contributed by atoms with E-state index in [1.165, 1.54) is 38.6 Å². The number of hydrogen-bond donors (Lipinski definition) is 13. The van der Waals surface area contributed by atoms with Crippen LogP contribution in [0.3, 0.4) is 0 Å². The highest BCUT2D eigenvalue weighted by atomic mass is 33.1. The average molecular weight is 1140 g/mol. The maximum Gasteiger partial charge on any atom is 0.246 e. The summed E-state index contributed by atoms with van der Waals surface area (Å²) in [6, 6.07) is 4.67. The minimum absolute atomic E-state index is 0.0146. The zero-order valence-corrected chi connectivity index (χ0v) is 45.3. The summed E-state index contributed by atoms with van der Waals surface area (Å²) in [4.78, 5) is 156. The molecule has 7 atom stereocenters. The molecule has 5 rings (SSSR count). The van der Waals surface area contributed by atoms with Gasteiger partial charge in [0.1, 0.15) is 48.0 Å². The topological polar surface area (TPSA) is 438 Å². The van der Waals surface area contributed by atoms with Gasteiger partial charge in [0.05, 0.1) is 13.0 Å². The first-order valence-corrected chi connectivity index (χ1v) is 28.4. The number of phenolic OH excluding ortho intramolecular Hbond substituents is 1. The normalized spacial score (nSPS) is 22.8. The average Bonchev–Trinajstić information content (AvgIpc) is 3.98. The number of phenols is 1. The van der Waals surface area contributed by atoms with Crippen molar-refractivity contribution in [1.29, 1.82) is 0 Å². The quantitative estimate of drug-likeness (QED) is 0.0296. The van der Waals surface area contributed by atoms with Crippen molar-refractivity contribution in [2.24, 2.45) is 33.7 Å². The summed E-state index contributed by atoms with van der Waals surface area (Å²) in [5, 5.41) is 28.4. The summed E-state index contributed by atoms with van der Waals surface area (Å²) < 4.78 is -0.759. The number of nitrogens with two attached hydrogens (primary N) is 5. The molecular weight excluding hydrogens is 1060 g/mol.